The monoisotopic (exact) mass is 179 g/mol. The molecule has 0 fully saturated rings. The molecule has 0 saturated heterocycles. The van der Waals surface area contributed by atoms with Crippen molar-refractivity contribution in [2.45, 2.75) is 0 Å². The zero-order chi connectivity index (χ0) is 9.84. The number of ketones is 1. The Bertz CT molecular complexity index is 290. The number of hydrogen-bond acceptors (Lipinski definition) is 3. The molecular weight excluding hydrogens is 166 g/mol. The second-order valence-corrected chi connectivity index (χ2v) is 3.21. The van der Waals surface area contributed by atoms with Crippen LogP contribution in [0.4, 0.5) is 0 Å². The lowest BCUT2D eigenvalue weighted by molar-refractivity contribution is 0.0958. The van der Waals surface area contributed by atoms with Crippen molar-refractivity contribution >= 4 is 5.78 Å². The van der Waals surface area contributed by atoms with Crippen molar-refractivity contribution in [3.63, 3.8) is 0 Å². The van der Waals surface area contributed by atoms with E-state index in [9.17, 15) is 4.79 Å². The Labute approximate surface area is 77.6 Å². The molecule has 0 unspecified atom stereocenters. The van der Waals surface area contributed by atoms with Crippen LogP contribution in [0.3, 0.4) is 0 Å². The molecule has 1 N–H and O–H groups in total. The summed E-state index contributed by atoms with van der Waals surface area (Å²) in [5, 5.41) is 9.00. The van der Waals surface area contributed by atoms with E-state index in [-0.39, 0.29) is 11.5 Å². The first kappa shape index (κ1) is 9.74. The summed E-state index contributed by atoms with van der Waals surface area (Å²) in [7, 11) is 3.69. The van der Waals surface area contributed by atoms with Gasteiger partial charge in [0.2, 0.25) is 0 Å². The number of nitrogens with zero attached hydrogens (tertiary/aromatic N) is 1. The van der Waals surface area contributed by atoms with Crippen molar-refractivity contribution in [2.75, 3.05) is 20.6 Å². The van der Waals surface area contributed by atoms with Gasteiger partial charge in [0.15, 0.2) is 5.78 Å². The maximum Gasteiger partial charge on any atom is 0.176 e. The van der Waals surface area contributed by atoms with Crippen LogP contribution in [0.15, 0.2) is 24.3 Å². The van der Waals surface area contributed by atoms with E-state index in [1.807, 2.05) is 19.0 Å². The molecule has 0 bridgehead atoms. The summed E-state index contributed by atoms with van der Waals surface area (Å²) in [5.41, 5.74) is 0.631. The van der Waals surface area contributed by atoms with E-state index >= 15 is 0 Å². The maximum absolute atomic E-state index is 11.4. The molecule has 1 aromatic rings. The Morgan fingerprint density at radius 3 is 2.31 bits per heavy atom. The van der Waals surface area contributed by atoms with Crippen LogP contribution in [0.25, 0.3) is 0 Å². The molecular formula is C10H13NO2. The predicted molar refractivity (Wildman–Crippen MR) is 51.0 cm³/mol. The minimum absolute atomic E-state index is 0.0602. The first-order chi connectivity index (χ1) is 6.09. The van der Waals surface area contributed by atoms with Crippen molar-refractivity contribution in [3.8, 4) is 5.75 Å². The highest BCUT2D eigenvalue weighted by Crippen LogP contribution is 2.10. The SMILES string of the molecule is CN(C)CC(=O)c1ccc(O)cc1. The van der Waals surface area contributed by atoms with E-state index in [1.54, 1.807) is 12.1 Å². The summed E-state index contributed by atoms with van der Waals surface area (Å²) in [4.78, 5) is 13.3. The molecule has 3 nitrogen and oxygen atoms in total. The Hall–Kier alpha value is -1.35. The molecule has 70 valence electrons. The van der Waals surface area contributed by atoms with Gasteiger partial charge in [-0.05, 0) is 38.4 Å². The molecule has 0 amide bonds. The minimum Gasteiger partial charge on any atom is -0.508 e. The number of Topliss-reactive ketones (excluding diaryl/α,β-unsaturated/α-hetero) is 1. The van der Waals surface area contributed by atoms with Crippen molar-refractivity contribution in [1.82, 2.24) is 4.90 Å². The molecule has 0 aromatic heterocycles. The number of rotatable bonds is 3. The van der Waals surface area contributed by atoms with Gasteiger partial charge in [0.1, 0.15) is 5.75 Å². The quantitative estimate of drug-likeness (QED) is 0.707. The summed E-state index contributed by atoms with van der Waals surface area (Å²) < 4.78 is 0. The molecule has 0 aliphatic heterocycles. The third-order valence-corrected chi connectivity index (χ3v) is 1.65. The van der Waals surface area contributed by atoms with Crippen molar-refractivity contribution in [2.24, 2.45) is 0 Å². The van der Waals surface area contributed by atoms with Crippen LogP contribution in [0.1, 0.15) is 10.4 Å². The van der Waals surface area contributed by atoms with Crippen LogP contribution in [0.5, 0.6) is 5.75 Å². The normalized spacial score (nSPS) is 10.4. The number of carbonyl (C=O) groups is 1. The fourth-order valence-electron chi connectivity index (χ4n) is 1.03. The van der Waals surface area contributed by atoms with E-state index in [0.717, 1.165) is 0 Å². The molecule has 0 aliphatic carbocycles. The molecule has 0 heterocycles. The van der Waals surface area contributed by atoms with Crippen molar-refractivity contribution in [1.29, 1.82) is 0 Å². The molecule has 0 saturated carbocycles. The van der Waals surface area contributed by atoms with Gasteiger partial charge < -0.3 is 10.0 Å². The molecule has 0 radical (unpaired) electrons. The number of carbonyl (C=O) groups excluding carboxylic acids is 1. The maximum atomic E-state index is 11.4. The molecule has 0 atom stereocenters. The van der Waals surface area contributed by atoms with Crippen LogP contribution in [0, 0.1) is 0 Å². The number of aromatic hydroxyl groups is 1. The second kappa shape index (κ2) is 4.05. The number of hydrogen-bond donors (Lipinski definition) is 1. The van der Waals surface area contributed by atoms with E-state index in [4.69, 9.17) is 5.11 Å². The molecule has 1 aromatic carbocycles. The van der Waals surface area contributed by atoms with Gasteiger partial charge in [0.05, 0.1) is 6.54 Å². The zero-order valence-corrected chi connectivity index (χ0v) is 7.82. The van der Waals surface area contributed by atoms with Gasteiger partial charge >= 0.3 is 0 Å². The van der Waals surface area contributed by atoms with Crippen LogP contribution < -0.4 is 0 Å². The number of phenolic OH excluding ortho intramolecular Hbond substituents is 1. The van der Waals surface area contributed by atoms with E-state index in [1.165, 1.54) is 12.1 Å². The van der Waals surface area contributed by atoms with Crippen LogP contribution >= 0.6 is 0 Å². The first-order valence-electron chi connectivity index (χ1n) is 4.06. The fraction of sp³-hybridized carbons (Fsp3) is 0.300. The van der Waals surface area contributed by atoms with Gasteiger partial charge in [-0.1, -0.05) is 0 Å². The molecule has 0 aliphatic rings. The predicted octanol–water partition coefficient (Wildman–Crippen LogP) is 1.14. The third kappa shape index (κ3) is 2.87. The van der Waals surface area contributed by atoms with Gasteiger partial charge in [-0.25, -0.2) is 0 Å². The van der Waals surface area contributed by atoms with Gasteiger partial charge in [-0.2, -0.15) is 0 Å². The highest BCUT2D eigenvalue weighted by atomic mass is 16.3. The van der Waals surface area contributed by atoms with Crippen LogP contribution in [0.2, 0.25) is 0 Å². The summed E-state index contributed by atoms with van der Waals surface area (Å²) in [6, 6.07) is 6.29. The molecule has 0 spiro atoms. The highest BCUT2D eigenvalue weighted by molar-refractivity contribution is 5.97. The lowest BCUT2D eigenvalue weighted by Gasteiger charge is -2.07. The van der Waals surface area contributed by atoms with Crippen LogP contribution in [-0.2, 0) is 0 Å². The standard InChI is InChI=1S/C10H13NO2/c1-11(2)7-10(13)8-3-5-9(12)6-4-8/h3-6,12H,7H2,1-2H3. The average Bonchev–Trinajstić information content (AvgIpc) is 2.04. The average molecular weight is 179 g/mol. The van der Waals surface area contributed by atoms with Crippen molar-refractivity contribution in [3.05, 3.63) is 29.8 Å². The van der Waals surface area contributed by atoms with Crippen LogP contribution in [-0.4, -0.2) is 36.4 Å². The largest absolute Gasteiger partial charge is 0.508 e. The smallest absolute Gasteiger partial charge is 0.176 e. The van der Waals surface area contributed by atoms with Gasteiger partial charge in [-0.15, -0.1) is 0 Å². The Balaban J connectivity index is 2.72. The molecule has 13 heavy (non-hydrogen) atoms. The third-order valence-electron chi connectivity index (χ3n) is 1.65. The summed E-state index contributed by atoms with van der Waals surface area (Å²) in [6.07, 6.45) is 0. The second-order valence-electron chi connectivity index (χ2n) is 3.21. The fourth-order valence-corrected chi connectivity index (χ4v) is 1.03. The Morgan fingerprint density at radius 2 is 1.85 bits per heavy atom. The summed E-state index contributed by atoms with van der Waals surface area (Å²) >= 11 is 0. The Kier molecular flexibility index (Phi) is 3.03. The lowest BCUT2D eigenvalue weighted by atomic mass is 10.1. The van der Waals surface area contributed by atoms with E-state index in [0.29, 0.717) is 12.1 Å². The van der Waals surface area contributed by atoms with Gasteiger partial charge in [-0.3, -0.25) is 4.79 Å². The molecule has 3 heteroatoms. The van der Waals surface area contributed by atoms with Gasteiger partial charge in [0.25, 0.3) is 0 Å². The summed E-state index contributed by atoms with van der Waals surface area (Å²) in [5.74, 6) is 0.242. The van der Waals surface area contributed by atoms with E-state index in [2.05, 4.69) is 0 Å². The van der Waals surface area contributed by atoms with Gasteiger partial charge in [0, 0.05) is 5.56 Å². The van der Waals surface area contributed by atoms with Crippen molar-refractivity contribution < 1.29 is 9.90 Å². The summed E-state index contributed by atoms with van der Waals surface area (Å²) in [6.45, 7) is 0.394. The zero-order valence-electron chi connectivity index (χ0n) is 7.82. The molecule has 1 rings (SSSR count). The highest BCUT2D eigenvalue weighted by Gasteiger charge is 2.05. The Morgan fingerprint density at radius 1 is 1.31 bits per heavy atom. The lowest BCUT2D eigenvalue weighted by Crippen LogP contribution is -2.21. The number of benzene rings is 1. The number of phenols is 1. The van der Waals surface area contributed by atoms with E-state index < -0.39 is 0 Å². The minimum atomic E-state index is 0.0602. The first-order valence-corrected chi connectivity index (χ1v) is 4.06. The number of likely N-dealkylation sites (N-methyl/N-ethyl adjacent to an activating group) is 1. The topological polar surface area (TPSA) is 40.5 Å².